The van der Waals surface area contributed by atoms with Gasteiger partial charge in [0.25, 0.3) is 0 Å². The second-order valence-electron chi connectivity index (χ2n) is 3.08. The van der Waals surface area contributed by atoms with Crippen molar-refractivity contribution in [3.8, 4) is 0 Å². The van der Waals surface area contributed by atoms with Crippen molar-refractivity contribution in [1.82, 2.24) is 9.97 Å². The van der Waals surface area contributed by atoms with Gasteiger partial charge in [0.05, 0.1) is 29.9 Å². The summed E-state index contributed by atoms with van der Waals surface area (Å²) in [4.78, 5) is 19.7. The Morgan fingerprint density at radius 3 is 3.06 bits per heavy atom. The van der Waals surface area contributed by atoms with Gasteiger partial charge in [-0.25, -0.2) is 14.8 Å². The van der Waals surface area contributed by atoms with E-state index in [0.717, 1.165) is 10.7 Å². The molecule has 0 atom stereocenters. The van der Waals surface area contributed by atoms with Crippen LogP contribution in [0, 0.1) is 0 Å². The number of anilines is 1. The van der Waals surface area contributed by atoms with Crippen LogP contribution in [0.3, 0.4) is 0 Å². The highest BCUT2D eigenvalue weighted by atomic mass is 32.1. The lowest BCUT2D eigenvalue weighted by Gasteiger charge is -2.04. The lowest BCUT2D eigenvalue weighted by atomic mass is 10.4. The quantitative estimate of drug-likeness (QED) is 0.844. The molecule has 0 saturated heterocycles. The number of rotatable bonds is 5. The van der Waals surface area contributed by atoms with Crippen molar-refractivity contribution in [2.24, 2.45) is 0 Å². The molecule has 2 rings (SSSR count). The predicted octanol–water partition coefficient (Wildman–Crippen LogP) is 2.39. The third-order valence-electron chi connectivity index (χ3n) is 1.95. The summed E-state index contributed by atoms with van der Waals surface area (Å²) in [6, 6.07) is 0. The van der Waals surface area contributed by atoms with E-state index in [4.69, 9.17) is 4.74 Å². The molecule has 90 valence electrons. The van der Waals surface area contributed by atoms with Gasteiger partial charge in [0.1, 0.15) is 5.00 Å². The van der Waals surface area contributed by atoms with E-state index in [1.165, 1.54) is 11.3 Å². The molecule has 0 bridgehead atoms. The molecule has 0 aromatic carbocycles. The summed E-state index contributed by atoms with van der Waals surface area (Å²) >= 11 is 2.92. The van der Waals surface area contributed by atoms with Crippen molar-refractivity contribution in [3.05, 3.63) is 27.8 Å². The van der Waals surface area contributed by atoms with Crippen LogP contribution in [0.5, 0.6) is 0 Å². The van der Waals surface area contributed by atoms with E-state index in [0.29, 0.717) is 18.8 Å². The number of nitrogens with one attached hydrogen (secondary N) is 1. The summed E-state index contributed by atoms with van der Waals surface area (Å²) in [7, 11) is 0. The van der Waals surface area contributed by atoms with Gasteiger partial charge in [0.2, 0.25) is 0 Å². The summed E-state index contributed by atoms with van der Waals surface area (Å²) in [6.07, 6.45) is 0. The monoisotopic (exact) mass is 269 g/mol. The van der Waals surface area contributed by atoms with E-state index < -0.39 is 5.97 Å². The van der Waals surface area contributed by atoms with Gasteiger partial charge in [-0.15, -0.1) is 22.7 Å². The zero-order chi connectivity index (χ0) is 12.1. The maximum atomic E-state index is 11.6. The molecule has 5 nitrogen and oxygen atoms in total. The Kier molecular flexibility index (Phi) is 4.05. The van der Waals surface area contributed by atoms with Gasteiger partial charge in [-0.2, -0.15) is 0 Å². The second-order valence-corrected chi connectivity index (χ2v) is 4.66. The fourth-order valence-electron chi connectivity index (χ4n) is 1.21. The fraction of sp³-hybridized carbons (Fsp3) is 0.300. The van der Waals surface area contributed by atoms with E-state index in [-0.39, 0.29) is 0 Å². The highest BCUT2D eigenvalue weighted by Crippen LogP contribution is 2.21. The number of carbonyl (C=O) groups is 1. The van der Waals surface area contributed by atoms with Gasteiger partial charge in [-0.1, -0.05) is 0 Å². The number of esters is 1. The smallest absolute Gasteiger partial charge is 0.360 e. The lowest BCUT2D eigenvalue weighted by molar-refractivity contribution is 0.0521. The molecule has 7 heteroatoms. The Bertz CT molecular complexity index is 481. The van der Waals surface area contributed by atoms with Gasteiger partial charge in [-0.05, 0) is 6.92 Å². The van der Waals surface area contributed by atoms with Crippen LogP contribution in [0.15, 0.2) is 16.4 Å². The first-order valence-electron chi connectivity index (χ1n) is 5.02. The minimum Gasteiger partial charge on any atom is -0.461 e. The third-order valence-corrected chi connectivity index (χ3v) is 3.37. The lowest BCUT2D eigenvalue weighted by Crippen LogP contribution is -2.09. The highest BCUT2D eigenvalue weighted by Gasteiger charge is 2.15. The molecule has 0 unspecified atom stereocenters. The number of aromatic nitrogens is 2. The van der Waals surface area contributed by atoms with Crippen LogP contribution in [-0.4, -0.2) is 22.5 Å². The molecule has 0 radical (unpaired) electrons. The number of nitrogens with zero attached hydrogens (tertiary/aromatic N) is 2. The van der Waals surface area contributed by atoms with Crippen LogP contribution < -0.4 is 5.32 Å². The SMILES string of the molecule is CCOC(=O)c1ncsc1NCc1cscn1. The standard InChI is InChI=1S/C10H11N3O2S2/c1-2-15-10(14)8-9(17-6-13-8)11-3-7-4-16-5-12-7/h4-6,11H,2-3H2,1H3. The van der Waals surface area contributed by atoms with E-state index in [2.05, 4.69) is 15.3 Å². The summed E-state index contributed by atoms with van der Waals surface area (Å²) in [5, 5.41) is 5.81. The average molecular weight is 269 g/mol. The third kappa shape index (κ3) is 3.01. The van der Waals surface area contributed by atoms with Crippen molar-refractivity contribution in [2.75, 3.05) is 11.9 Å². The van der Waals surface area contributed by atoms with Gasteiger partial charge in [0, 0.05) is 5.38 Å². The van der Waals surface area contributed by atoms with Crippen LogP contribution in [-0.2, 0) is 11.3 Å². The number of hydrogen-bond donors (Lipinski definition) is 1. The first-order chi connectivity index (χ1) is 8.31. The molecule has 0 aliphatic heterocycles. The van der Waals surface area contributed by atoms with Gasteiger partial charge in [-0.3, -0.25) is 0 Å². The van der Waals surface area contributed by atoms with Crippen LogP contribution in [0.25, 0.3) is 0 Å². The van der Waals surface area contributed by atoms with Crippen molar-refractivity contribution in [2.45, 2.75) is 13.5 Å². The maximum Gasteiger partial charge on any atom is 0.360 e. The molecule has 0 aliphatic rings. The molecule has 0 aliphatic carbocycles. The van der Waals surface area contributed by atoms with Crippen molar-refractivity contribution in [1.29, 1.82) is 0 Å². The molecule has 2 heterocycles. The van der Waals surface area contributed by atoms with Crippen LogP contribution in [0.4, 0.5) is 5.00 Å². The Balaban J connectivity index is 2.01. The molecule has 2 aromatic rings. The zero-order valence-corrected chi connectivity index (χ0v) is 10.8. The molecule has 1 N–H and O–H groups in total. The molecule has 0 fully saturated rings. The minimum absolute atomic E-state index is 0.340. The summed E-state index contributed by atoms with van der Waals surface area (Å²) in [5.41, 5.74) is 4.68. The molecule has 0 spiro atoms. The number of thiazole rings is 2. The molecular weight excluding hydrogens is 258 g/mol. The topological polar surface area (TPSA) is 64.1 Å². The fourth-order valence-corrected chi connectivity index (χ4v) is 2.44. The van der Waals surface area contributed by atoms with E-state index in [1.54, 1.807) is 29.3 Å². The normalized spacial score (nSPS) is 10.2. The minimum atomic E-state index is -0.394. The van der Waals surface area contributed by atoms with Gasteiger partial charge < -0.3 is 10.1 Å². The number of carbonyl (C=O) groups excluding carboxylic acids is 1. The molecule has 0 amide bonds. The first kappa shape index (κ1) is 12.0. The summed E-state index contributed by atoms with van der Waals surface area (Å²) in [6.45, 7) is 2.70. The Morgan fingerprint density at radius 1 is 1.47 bits per heavy atom. The highest BCUT2D eigenvalue weighted by molar-refractivity contribution is 7.14. The Morgan fingerprint density at radius 2 is 2.35 bits per heavy atom. The number of hydrogen-bond acceptors (Lipinski definition) is 7. The largest absolute Gasteiger partial charge is 0.461 e. The van der Waals surface area contributed by atoms with Crippen LogP contribution in [0.2, 0.25) is 0 Å². The van der Waals surface area contributed by atoms with Crippen molar-refractivity contribution < 1.29 is 9.53 Å². The van der Waals surface area contributed by atoms with Gasteiger partial charge >= 0.3 is 5.97 Å². The van der Waals surface area contributed by atoms with E-state index >= 15 is 0 Å². The van der Waals surface area contributed by atoms with Crippen LogP contribution in [0.1, 0.15) is 23.1 Å². The van der Waals surface area contributed by atoms with Gasteiger partial charge in [0.15, 0.2) is 5.69 Å². The number of ether oxygens (including phenoxy) is 1. The molecule has 17 heavy (non-hydrogen) atoms. The van der Waals surface area contributed by atoms with Crippen molar-refractivity contribution in [3.63, 3.8) is 0 Å². The van der Waals surface area contributed by atoms with Crippen LogP contribution >= 0.6 is 22.7 Å². The molecule has 0 saturated carbocycles. The first-order valence-corrected chi connectivity index (χ1v) is 6.85. The van der Waals surface area contributed by atoms with E-state index in [9.17, 15) is 4.79 Å². The zero-order valence-electron chi connectivity index (χ0n) is 9.17. The summed E-state index contributed by atoms with van der Waals surface area (Å²) < 4.78 is 4.92. The Hall–Kier alpha value is -1.47. The summed E-state index contributed by atoms with van der Waals surface area (Å²) in [5.74, 6) is -0.394. The molecular formula is C10H11N3O2S2. The predicted molar refractivity (Wildman–Crippen MR) is 67.5 cm³/mol. The maximum absolute atomic E-state index is 11.6. The average Bonchev–Trinajstić information content (AvgIpc) is 2.98. The van der Waals surface area contributed by atoms with Crippen molar-refractivity contribution >= 4 is 33.6 Å². The Labute approximate surface area is 106 Å². The van der Waals surface area contributed by atoms with E-state index in [1.807, 2.05) is 5.38 Å². The second kappa shape index (κ2) is 5.74. The molecule has 2 aromatic heterocycles.